The third-order valence-corrected chi connectivity index (χ3v) is 2.84. The van der Waals surface area contributed by atoms with Crippen molar-refractivity contribution in [3.63, 3.8) is 0 Å². The average Bonchev–Trinajstić information content (AvgIpc) is 2.65. The molecule has 0 fully saturated rings. The second-order valence-corrected chi connectivity index (χ2v) is 3.90. The fourth-order valence-corrected chi connectivity index (χ4v) is 1.78. The zero-order chi connectivity index (χ0) is 10.8. The molecule has 1 heterocycles. The van der Waals surface area contributed by atoms with Gasteiger partial charge in [-0.1, -0.05) is 15.9 Å². The standard InChI is InChI=1S/C10H9BrO4/c1-13-10(12)3-6-2-8-9(4-7(6)11)15-5-14-8/h2,4H,3,5H2,1H3. The molecule has 80 valence electrons. The van der Waals surface area contributed by atoms with Gasteiger partial charge in [0.15, 0.2) is 11.5 Å². The normalized spacial score (nSPS) is 12.7. The summed E-state index contributed by atoms with van der Waals surface area (Å²) in [6.45, 7) is 0.226. The van der Waals surface area contributed by atoms with Crippen LogP contribution in [0.5, 0.6) is 11.5 Å². The number of benzene rings is 1. The smallest absolute Gasteiger partial charge is 0.310 e. The molecule has 1 aliphatic rings. The van der Waals surface area contributed by atoms with Crippen molar-refractivity contribution in [1.82, 2.24) is 0 Å². The van der Waals surface area contributed by atoms with Gasteiger partial charge in [-0.2, -0.15) is 0 Å². The third-order valence-electron chi connectivity index (χ3n) is 2.10. The van der Waals surface area contributed by atoms with E-state index < -0.39 is 0 Å². The molecule has 0 radical (unpaired) electrons. The number of fused-ring (bicyclic) bond motifs is 1. The number of carbonyl (C=O) groups is 1. The lowest BCUT2D eigenvalue weighted by atomic mass is 10.1. The lowest BCUT2D eigenvalue weighted by Crippen LogP contribution is -2.04. The second kappa shape index (κ2) is 4.10. The Hall–Kier alpha value is -1.23. The highest BCUT2D eigenvalue weighted by atomic mass is 79.9. The first-order chi connectivity index (χ1) is 7.20. The van der Waals surface area contributed by atoms with E-state index in [4.69, 9.17) is 9.47 Å². The van der Waals surface area contributed by atoms with Crippen LogP contribution in [0, 0.1) is 0 Å². The van der Waals surface area contributed by atoms with Gasteiger partial charge in [-0.15, -0.1) is 0 Å². The van der Waals surface area contributed by atoms with E-state index in [1.54, 1.807) is 12.1 Å². The minimum absolute atomic E-state index is 0.216. The zero-order valence-electron chi connectivity index (χ0n) is 8.08. The molecule has 0 spiro atoms. The number of halogens is 1. The fraction of sp³-hybridized carbons (Fsp3) is 0.300. The maximum atomic E-state index is 11.1. The summed E-state index contributed by atoms with van der Waals surface area (Å²) in [7, 11) is 1.36. The molecule has 0 aliphatic carbocycles. The van der Waals surface area contributed by atoms with Gasteiger partial charge in [0, 0.05) is 4.47 Å². The zero-order valence-corrected chi connectivity index (χ0v) is 9.67. The number of ether oxygens (including phenoxy) is 3. The molecule has 0 unspecified atom stereocenters. The van der Waals surface area contributed by atoms with Gasteiger partial charge in [0.1, 0.15) is 0 Å². The molecular weight excluding hydrogens is 264 g/mol. The van der Waals surface area contributed by atoms with Gasteiger partial charge >= 0.3 is 5.97 Å². The highest BCUT2D eigenvalue weighted by molar-refractivity contribution is 9.10. The van der Waals surface area contributed by atoms with E-state index in [1.807, 2.05) is 0 Å². The molecule has 1 aliphatic heterocycles. The van der Waals surface area contributed by atoms with Crippen LogP contribution in [0.3, 0.4) is 0 Å². The van der Waals surface area contributed by atoms with Crippen LogP contribution in [-0.2, 0) is 16.0 Å². The van der Waals surface area contributed by atoms with Crippen LogP contribution in [0.1, 0.15) is 5.56 Å². The Morgan fingerprint density at radius 3 is 2.80 bits per heavy atom. The Bertz CT molecular complexity index is 403. The van der Waals surface area contributed by atoms with Gasteiger partial charge < -0.3 is 14.2 Å². The van der Waals surface area contributed by atoms with E-state index in [-0.39, 0.29) is 19.2 Å². The van der Waals surface area contributed by atoms with Crippen molar-refractivity contribution < 1.29 is 19.0 Å². The minimum atomic E-state index is -0.283. The van der Waals surface area contributed by atoms with Crippen LogP contribution in [-0.4, -0.2) is 19.9 Å². The molecule has 0 N–H and O–H groups in total. The van der Waals surface area contributed by atoms with Crippen molar-refractivity contribution in [2.24, 2.45) is 0 Å². The molecule has 1 aromatic rings. The minimum Gasteiger partial charge on any atom is -0.469 e. The SMILES string of the molecule is COC(=O)Cc1cc2c(cc1Br)OCO2. The fourth-order valence-electron chi connectivity index (χ4n) is 1.32. The van der Waals surface area contributed by atoms with Crippen LogP contribution in [0.15, 0.2) is 16.6 Å². The summed E-state index contributed by atoms with van der Waals surface area (Å²) in [5.41, 5.74) is 0.825. The van der Waals surface area contributed by atoms with Gasteiger partial charge in [0.05, 0.1) is 13.5 Å². The summed E-state index contributed by atoms with van der Waals surface area (Å²) in [4.78, 5) is 11.1. The van der Waals surface area contributed by atoms with Crippen LogP contribution in [0.2, 0.25) is 0 Å². The van der Waals surface area contributed by atoms with Crippen molar-refractivity contribution in [1.29, 1.82) is 0 Å². The van der Waals surface area contributed by atoms with Crippen LogP contribution >= 0.6 is 15.9 Å². The van der Waals surface area contributed by atoms with Gasteiger partial charge in [-0.25, -0.2) is 0 Å². The van der Waals surface area contributed by atoms with Crippen molar-refractivity contribution >= 4 is 21.9 Å². The molecule has 5 heteroatoms. The van der Waals surface area contributed by atoms with Gasteiger partial charge in [-0.05, 0) is 17.7 Å². The largest absolute Gasteiger partial charge is 0.469 e. The van der Waals surface area contributed by atoms with Gasteiger partial charge in [-0.3, -0.25) is 4.79 Å². The molecule has 0 bridgehead atoms. The summed E-state index contributed by atoms with van der Waals surface area (Å²) in [5.74, 6) is 1.07. The summed E-state index contributed by atoms with van der Waals surface area (Å²) in [5, 5.41) is 0. The highest BCUT2D eigenvalue weighted by Gasteiger charge is 2.17. The summed E-state index contributed by atoms with van der Waals surface area (Å²) in [6, 6.07) is 3.57. The molecule has 0 aromatic heterocycles. The number of hydrogen-bond donors (Lipinski definition) is 0. The van der Waals surface area contributed by atoms with E-state index in [1.165, 1.54) is 7.11 Å². The first-order valence-corrected chi connectivity index (χ1v) is 5.15. The van der Waals surface area contributed by atoms with E-state index in [9.17, 15) is 4.79 Å². The van der Waals surface area contributed by atoms with Crippen LogP contribution in [0.25, 0.3) is 0 Å². The lowest BCUT2D eigenvalue weighted by Gasteiger charge is -2.04. The molecule has 0 amide bonds. The maximum Gasteiger partial charge on any atom is 0.310 e. The number of hydrogen-bond acceptors (Lipinski definition) is 4. The van der Waals surface area contributed by atoms with E-state index in [0.717, 1.165) is 10.0 Å². The number of carbonyl (C=O) groups excluding carboxylic acids is 1. The lowest BCUT2D eigenvalue weighted by molar-refractivity contribution is -0.139. The Morgan fingerprint density at radius 1 is 1.47 bits per heavy atom. The van der Waals surface area contributed by atoms with Gasteiger partial charge in [0.25, 0.3) is 0 Å². The van der Waals surface area contributed by atoms with Crippen molar-refractivity contribution in [2.75, 3.05) is 13.9 Å². The first kappa shape index (κ1) is 10.3. The topological polar surface area (TPSA) is 44.8 Å². The Balaban J connectivity index is 2.28. The number of rotatable bonds is 2. The second-order valence-electron chi connectivity index (χ2n) is 3.05. The molecule has 1 aromatic carbocycles. The summed E-state index contributed by atoms with van der Waals surface area (Å²) >= 11 is 3.36. The highest BCUT2D eigenvalue weighted by Crippen LogP contribution is 2.37. The van der Waals surface area contributed by atoms with E-state index >= 15 is 0 Å². The first-order valence-electron chi connectivity index (χ1n) is 4.35. The van der Waals surface area contributed by atoms with Gasteiger partial charge in [0.2, 0.25) is 6.79 Å². The van der Waals surface area contributed by atoms with E-state index in [0.29, 0.717) is 11.5 Å². The Kier molecular flexibility index (Phi) is 2.81. The summed E-state index contributed by atoms with van der Waals surface area (Å²) < 4.78 is 15.8. The monoisotopic (exact) mass is 272 g/mol. The quantitative estimate of drug-likeness (QED) is 0.772. The molecule has 0 saturated carbocycles. The third kappa shape index (κ3) is 2.07. The van der Waals surface area contributed by atoms with Crippen molar-refractivity contribution in [2.45, 2.75) is 6.42 Å². The predicted octanol–water partition coefficient (Wildman–Crippen LogP) is 1.89. The van der Waals surface area contributed by atoms with Crippen molar-refractivity contribution in [3.8, 4) is 11.5 Å². The number of esters is 1. The van der Waals surface area contributed by atoms with Crippen LogP contribution < -0.4 is 9.47 Å². The molecule has 15 heavy (non-hydrogen) atoms. The summed E-state index contributed by atoms with van der Waals surface area (Å²) in [6.07, 6.45) is 0.216. The molecular formula is C10H9BrO4. The van der Waals surface area contributed by atoms with Crippen LogP contribution in [0.4, 0.5) is 0 Å². The Morgan fingerprint density at radius 2 is 2.13 bits per heavy atom. The maximum absolute atomic E-state index is 11.1. The molecule has 0 saturated heterocycles. The Labute approximate surface area is 95.3 Å². The number of methoxy groups -OCH3 is 1. The molecule has 4 nitrogen and oxygen atoms in total. The van der Waals surface area contributed by atoms with E-state index in [2.05, 4.69) is 20.7 Å². The molecule has 2 rings (SSSR count). The average molecular weight is 273 g/mol. The molecule has 0 atom stereocenters. The van der Waals surface area contributed by atoms with Crippen molar-refractivity contribution in [3.05, 3.63) is 22.2 Å². The predicted molar refractivity (Wildman–Crippen MR) is 56.0 cm³/mol.